The number of aromatic nitrogens is 1. The second-order valence-electron chi connectivity index (χ2n) is 7.23. The maximum Gasteiger partial charge on any atom is 0.191 e. The lowest BCUT2D eigenvalue weighted by molar-refractivity contribution is 0.391. The highest BCUT2D eigenvalue weighted by Gasteiger charge is 2.16. The van der Waals surface area contributed by atoms with E-state index in [0.29, 0.717) is 12.0 Å². The molecule has 0 amide bonds. The van der Waals surface area contributed by atoms with Gasteiger partial charge in [0.25, 0.3) is 0 Å². The number of aryl methyl sites for hydroxylation is 2. The molecule has 0 aliphatic rings. The van der Waals surface area contributed by atoms with Crippen LogP contribution in [0.3, 0.4) is 0 Å². The largest absolute Gasteiger partial charge is 0.361 e. The standard InChI is InChI=1S/C19H36N4O/c1-8-20-19(22-15(5)11-9-10-13(2)3)21-12-14(4)18-16(6)23-24-17(18)7/h13-15H,8-12H2,1-7H3,(H2,20,21,22). The molecule has 1 aromatic heterocycles. The van der Waals surface area contributed by atoms with Gasteiger partial charge in [-0.2, -0.15) is 0 Å². The molecule has 0 saturated carbocycles. The van der Waals surface area contributed by atoms with Gasteiger partial charge in [0.2, 0.25) is 0 Å². The molecule has 0 aliphatic carbocycles. The van der Waals surface area contributed by atoms with Crippen LogP contribution in [0, 0.1) is 19.8 Å². The van der Waals surface area contributed by atoms with Crippen molar-refractivity contribution in [1.82, 2.24) is 15.8 Å². The molecule has 138 valence electrons. The van der Waals surface area contributed by atoms with Crippen molar-refractivity contribution in [2.75, 3.05) is 13.1 Å². The predicted octanol–water partition coefficient (Wildman–Crippen LogP) is 4.16. The lowest BCUT2D eigenvalue weighted by Crippen LogP contribution is -2.42. The topological polar surface area (TPSA) is 62.5 Å². The van der Waals surface area contributed by atoms with E-state index < -0.39 is 0 Å². The van der Waals surface area contributed by atoms with Gasteiger partial charge in [-0.1, -0.05) is 38.8 Å². The monoisotopic (exact) mass is 336 g/mol. The van der Waals surface area contributed by atoms with Crippen molar-refractivity contribution in [2.24, 2.45) is 10.9 Å². The summed E-state index contributed by atoms with van der Waals surface area (Å²) < 4.78 is 5.27. The summed E-state index contributed by atoms with van der Waals surface area (Å²) in [5.74, 6) is 2.86. The molecular weight excluding hydrogens is 300 g/mol. The van der Waals surface area contributed by atoms with Crippen molar-refractivity contribution < 1.29 is 4.52 Å². The Kier molecular flexibility index (Phi) is 8.87. The highest BCUT2D eigenvalue weighted by atomic mass is 16.5. The van der Waals surface area contributed by atoms with Gasteiger partial charge in [-0.05, 0) is 40.0 Å². The minimum Gasteiger partial charge on any atom is -0.361 e. The Labute approximate surface area is 147 Å². The Morgan fingerprint density at radius 3 is 2.42 bits per heavy atom. The number of hydrogen-bond acceptors (Lipinski definition) is 3. The Hall–Kier alpha value is -1.52. The van der Waals surface area contributed by atoms with E-state index in [9.17, 15) is 0 Å². The fourth-order valence-electron chi connectivity index (χ4n) is 2.97. The average Bonchev–Trinajstić information content (AvgIpc) is 2.83. The van der Waals surface area contributed by atoms with Gasteiger partial charge in [0.15, 0.2) is 5.96 Å². The van der Waals surface area contributed by atoms with Crippen LogP contribution in [-0.2, 0) is 0 Å². The summed E-state index contributed by atoms with van der Waals surface area (Å²) in [6.45, 7) is 16.6. The molecule has 1 heterocycles. The number of hydrogen-bond donors (Lipinski definition) is 2. The summed E-state index contributed by atoms with van der Waals surface area (Å²) in [4.78, 5) is 4.76. The highest BCUT2D eigenvalue weighted by molar-refractivity contribution is 5.80. The van der Waals surface area contributed by atoms with E-state index in [1.807, 2.05) is 13.8 Å². The first-order valence-corrected chi connectivity index (χ1v) is 9.32. The number of nitrogens with zero attached hydrogens (tertiary/aromatic N) is 2. The molecule has 0 fully saturated rings. The summed E-state index contributed by atoms with van der Waals surface area (Å²) in [5.41, 5.74) is 2.15. The molecule has 0 spiro atoms. The second-order valence-corrected chi connectivity index (χ2v) is 7.23. The van der Waals surface area contributed by atoms with Crippen LogP contribution >= 0.6 is 0 Å². The molecule has 2 atom stereocenters. The molecule has 2 N–H and O–H groups in total. The quantitative estimate of drug-likeness (QED) is 0.525. The Balaban J connectivity index is 2.58. The summed E-state index contributed by atoms with van der Waals surface area (Å²) in [5, 5.41) is 10.9. The molecule has 0 radical (unpaired) electrons. The number of rotatable bonds is 9. The molecule has 0 aliphatic heterocycles. The van der Waals surface area contributed by atoms with Crippen molar-refractivity contribution in [3.63, 3.8) is 0 Å². The maximum atomic E-state index is 5.27. The molecular formula is C19H36N4O. The van der Waals surface area contributed by atoms with Crippen LogP contribution < -0.4 is 10.6 Å². The van der Waals surface area contributed by atoms with Gasteiger partial charge in [-0.25, -0.2) is 0 Å². The number of guanidine groups is 1. The van der Waals surface area contributed by atoms with Crippen LogP contribution in [0.15, 0.2) is 9.52 Å². The third-order valence-electron chi connectivity index (χ3n) is 4.25. The Morgan fingerprint density at radius 1 is 1.17 bits per heavy atom. The summed E-state index contributed by atoms with van der Waals surface area (Å²) in [7, 11) is 0. The van der Waals surface area contributed by atoms with Crippen molar-refractivity contribution in [2.45, 2.75) is 79.7 Å². The summed E-state index contributed by atoms with van der Waals surface area (Å²) in [6, 6.07) is 0.427. The smallest absolute Gasteiger partial charge is 0.191 e. The molecule has 0 saturated heterocycles. The van der Waals surface area contributed by atoms with Crippen molar-refractivity contribution in [3.05, 3.63) is 17.0 Å². The first-order valence-electron chi connectivity index (χ1n) is 9.32. The van der Waals surface area contributed by atoms with E-state index in [-0.39, 0.29) is 0 Å². The zero-order valence-electron chi connectivity index (χ0n) is 16.6. The van der Waals surface area contributed by atoms with Crippen LogP contribution in [0.2, 0.25) is 0 Å². The SMILES string of the molecule is CCNC(=NCC(C)c1c(C)noc1C)NC(C)CCCC(C)C. The lowest BCUT2D eigenvalue weighted by atomic mass is 10.00. The Bertz CT molecular complexity index is 488. The maximum absolute atomic E-state index is 5.27. The van der Waals surface area contributed by atoms with Crippen molar-refractivity contribution >= 4 is 5.96 Å². The first kappa shape index (κ1) is 20.5. The Morgan fingerprint density at radius 2 is 1.88 bits per heavy atom. The molecule has 2 unspecified atom stereocenters. The molecule has 5 heteroatoms. The molecule has 5 nitrogen and oxygen atoms in total. The zero-order valence-corrected chi connectivity index (χ0v) is 16.6. The van der Waals surface area contributed by atoms with Gasteiger partial charge < -0.3 is 15.2 Å². The van der Waals surface area contributed by atoms with Gasteiger partial charge >= 0.3 is 0 Å². The van der Waals surface area contributed by atoms with Gasteiger partial charge in [0.1, 0.15) is 5.76 Å². The molecule has 0 bridgehead atoms. The zero-order chi connectivity index (χ0) is 18.1. The second kappa shape index (κ2) is 10.4. The number of aliphatic imine (C=N–C) groups is 1. The third-order valence-corrected chi connectivity index (χ3v) is 4.25. The van der Waals surface area contributed by atoms with E-state index in [1.165, 1.54) is 24.8 Å². The summed E-state index contributed by atoms with van der Waals surface area (Å²) in [6.07, 6.45) is 3.70. The van der Waals surface area contributed by atoms with Gasteiger partial charge in [0, 0.05) is 30.6 Å². The van der Waals surface area contributed by atoms with E-state index >= 15 is 0 Å². The van der Waals surface area contributed by atoms with Crippen molar-refractivity contribution in [1.29, 1.82) is 0 Å². The van der Waals surface area contributed by atoms with Gasteiger partial charge in [-0.15, -0.1) is 0 Å². The minimum atomic E-state index is 0.294. The molecule has 24 heavy (non-hydrogen) atoms. The van der Waals surface area contributed by atoms with E-state index in [1.54, 1.807) is 0 Å². The summed E-state index contributed by atoms with van der Waals surface area (Å²) >= 11 is 0. The first-order chi connectivity index (χ1) is 11.3. The van der Waals surface area contributed by atoms with E-state index in [0.717, 1.165) is 36.4 Å². The van der Waals surface area contributed by atoms with Crippen LogP contribution in [-0.4, -0.2) is 30.2 Å². The highest BCUT2D eigenvalue weighted by Crippen LogP contribution is 2.23. The van der Waals surface area contributed by atoms with Crippen LogP contribution in [0.1, 0.15) is 76.8 Å². The lowest BCUT2D eigenvalue weighted by Gasteiger charge is -2.19. The van der Waals surface area contributed by atoms with Crippen LogP contribution in [0.4, 0.5) is 0 Å². The predicted molar refractivity (Wildman–Crippen MR) is 102 cm³/mol. The van der Waals surface area contributed by atoms with Gasteiger partial charge in [0.05, 0.1) is 5.69 Å². The minimum absolute atomic E-state index is 0.294. The number of nitrogens with one attached hydrogen (secondary N) is 2. The van der Waals surface area contributed by atoms with Crippen LogP contribution in [0.25, 0.3) is 0 Å². The fourth-order valence-corrected chi connectivity index (χ4v) is 2.97. The fraction of sp³-hybridized carbons (Fsp3) is 0.789. The normalized spacial score (nSPS) is 14.8. The van der Waals surface area contributed by atoms with E-state index in [4.69, 9.17) is 9.52 Å². The molecule has 1 aromatic rings. The average molecular weight is 337 g/mol. The van der Waals surface area contributed by atoms with Crippen molar-refractivity contribution in [3.8, 4) is 0 Å². The van der Waals surface area contributed by atoms with E-state index in [2.05, 4.69) is 50.4 Å². The molecule has 1 rings (SSSR count). The third kappa shape index (κ3) is 6.93. The van der Waals surface area contributed by atoms with Gasteiger partial charge in [-0.3, -0.25) is 4.99 Å². The molecule has 0 aromatic carbocycles. The van der Waals surface area contributed by atoms with Crippen LogP contribution in [0.5, 0.6) is 0 Å².